The van der Waals surface area contributed by atoms with Crippen molar-refractivity contribution < 1.29 is 19.1 Å². The Hall–Kier alpha value is -2.67. The summed E-state index contributed by atoms with van der Waals surface area (Å²) in [4.78, 5) is 27.8. The van der Waals surface area contributed by atoms with E-state index >= 15 is 0 Å². The maximum Gasteiger partial charge on any atom is 0.362 e. The summed E-state index contributed by atoms with van der Waals surface area (Å²) in [6.45, 7) is 0.785. The van der Waals surface area contributed by atoms with Gasteiger partial charge in [0.1, 0.15) is 23.9 Å². The maximum absolute atomic E-state index is 12.2. The van der Waals surface area contributed by atoms with Gasteiger partial charge in [-0.2, -0.15) is 0 Å². The van der Waals surface area contributed by atoms with Gasteiger partial charge in [0, 0.05) is 25.8 Å². The van der Waals surface area contributed by atoms with Gasteiger partial charge in [0.05, 0.1) is 6.20 Å². The first-order valence-electron chi connectivity index (χ1n) is 7.33. The normalized spacial score (nSPS) is 12.7. The summed E-state index contributed by atoms with van der Waals surface area (Å²) in [6.07, 6.45) is 3.44. The van der Waals surface area contributed by atoms with Crippen LogP contribution in [0.4, 0.5) is 5.69 Å². The van der Waals surface area contributed by atoms with Gasteiger partial charge < -0.3 is 19.4 Å². The monoisotopic (exact) mass is 315 g/mol. The van der Waals surface area contributed by atoms with E-state index in [1.165, 1.54) is 7.11 Å². The third-order valence-corrected chi connectivity index (χ3v) is 3.55. The lowest BCUT2D eigenvalue weighted by Gasteiger charge is -2.08. The van der Waals surface area contributed by atoms with Gasteiger partial charge in [-0.15, -0.1) is 0 Å². The number of fused-ring (bicyclic) bond motifs is 1. The number of carbonyl (C=O) groups is 2. The number of aryl methyl sites for hydroxylation is 1. The first-order chi connectivity index (χ1) is 11.2. The largest absolute Gasteiger partial charge is 0.422 e. The Bertz CT molecular complexity index is 721. The molecule has 3 rings (SSSR count). The number of hydrogen-bond acceptors (Lipinski definition) is 5. The van der Waals surface area contributed by atoms with Crippen LogP contribution in [0.3, 0.4) is 0 Å². The van der Waals surface area contributed by atoms with E-state index < -0.39 is 5.97 Å². The molecule has 7 heteroatoms. The van der Waals surface area contributed by atoms with Crippen molar-refractivity contribution in [1.29, 1.82) is 0 Å². The Labute approximate surface area is 133 Å². The Morgan fingerprint density at radius 2 is 2.09 bits per heavy atom. The Morgan fingerprint density at radius 1 is 1.30 bits per heavy atom. The van der Waals surface area contributed by atoms with Crippen molar-refractivity contribution in [2.45, 2.75) is 19.4 Å². The molecule has 0 saturated carbocycles. The van der Waals surface area contributed by atoms with Crippen LogP contribution < -0.4 is 10.1 Å². The number of nitrogens with zero attached hydrogens (tertiary/aromatic N) is 2. The van der Waals surface area contributed by atoms with E-state index in [-0.39, 0.29) is 12.5 Å². The van der Waals surface area contributed by atoms with Gasteiger partial charge in [0.15, 0.2) is 0 Å². The fraction of sp³-hybridized carbons (Fsp3) is 0.312. The zero-order valence-corrected chi connectivity index (χ0v) is 12.7. The summed E-state index contributed by atoms with van der Waals surface area (Å²) in [7, 11) is 1.45. The number of hydrogen-bond donors (Lipinski definition) is 1. The molecule has 120 valence electrons. The zero-order valence-electron chi connectivity index (χ0n) is 12.7. The first kappa shape index (κ1) is 15.2. The smallest absolute Gasteiger partial charge is 0.362 e. The van der Waals surface area contributed by atoms with E-state index in [2.05, 4.69) is 10.3 Å². The van der Waals surface area contributed by atoms with Gasteiger partial charge in [-0.05, 0) is 30.7 Å². The Balaban J connectivity index is 1.64. The standard InChI is InChI=1S/C16H17N3O4/c1-22-10-15(20)18-11-4-6-12(7-5-11)23-16(21)13-9-17-14-3-2-8-19(13)14/h4-7,9H,2-3,8,10H2,1H3,(H,18,20). The minimum absolute atomic E-state index is 0.0109. The fourth-order valence-electron chi connectivity index (χ4n) is 2.52. The van der Waals surface area contributed by atoms with Crippen LogP contribution in [0.1, 0.15) is 22.7 Å². The molecule has 0 radical (unpaired) electrons. The molecule has 2 heterocycles. The second-order valence-electron chi connectivity index (χ2n) is 5.21. The molecule has 23 heavy (non-hydrogen) atoms. The second-order valence-corrected chi connectivity index (χ2v) is 5.21. The van der Waals surface area contributed by atoms with Gasteiger partial charge in [0.2, 0.25) is 5.91 Å². The number of aromatic nitrogens is 2. The molecule has 1 amide bonds. The minimum atomic E-state index is -0.429. The lowest BCUT2D eigenvalue weighted by atomic mass is 10.3. The molecule has 1 aromatic heterocycles. The molecule has 1 aliphatic rings. The number of esters is 1. The SMILES string of the molecule is COCC(=O)Nc1ccc(OC(=O)c2cnc3n2CCC3)cc1. The molecule has 0 unspecified atom stereocenters. The zero-order chi connectivity index (χ0) is 16.2. The van der Waals surface area contributed by atoms with Crippen molar-refractivity contribution in [2.75, 3.05) is 19.0 Å². The highest BCUT2D eigenvalue weighted by molar-refractivity contribution is 5.92. The predicted molar refractivity (Wildman–Crippen MR) is 82.5 cm³/mol. The Kier molecular flexibility index (Phi) is 4.38. The molecule has 2 aromatic rings. The summed E-state index contributed by atoms with van der Waals surface area (Å²) < 4.78 is 12.0. The molecule has 1 aromatic carbocycles. The molecular weight excluding hydrogens is 298 g/mol. The third-order valence-electron chi connectivity index (χ3n) is 3.55. The van der Waals surface area contributed by atoms with Crippen molar-refractivity contribution >= 4 is 17.6 Å². The van der Waals surface area contributed by atoms with Crippen LogP contribution in [0.5, 0.6) is 5.75 Å². The van der Waals surface area contributed by atoms with Crippen molar-refractivity contribution in [2.24, 2.45) is 0 Å². The van der Waals surface area contributed by atoms with Crippen LogP contribution in [0, 0.1) is 0 Å². The summed E-state index contributed by atoms with van der Waals surface area (Å²) in [5.74, 6) is 0.662. The maximum atomic E-state index is 12.2. The average molecular weight is 315 g/mol. The van der Waals surface area contributed by atoms with E-state index in [9.17, 15) is 9.59 Å². The van der Waals surface area contributed by atoms with E-state index in [1.54, 1.807) is 30.5 Å². The number of nitrogens with one attached hydrogen (secondary N) is 1. The predicted octanol–water partition coefficient (Wildman–Crippen LogP) is 1.63. The number of methoxy groups -OCH3 is 1. The molecule has 0 fully saturated rings. The van der Waals surface area contributed by atoms with Gasteiger partial charge in [0.25, 0.3) is 0 Å². The van der Waals surface area contributed by atoms with Crippen LogP contribution in [0.2, 0.25) is 0 Å². The van der Waals surface area contributed by atoms with Crippen LogP contribution in [-0.2, 0) is 22.5 Å². The lowest BCUT2D eigenvalue weighted by Crippen LogP contribution is -2.17. The molecule has 1 aliphatic heterocycles. The summed E-state index contributed by atoms with van der Waals surface area (Å²) in [5.41, 5.74) is 1.08. The molecule has 0 spiro atoms. The lowest BCUT2D eigenvalue weighted by molar-refractivity contribution is -0.119. The number of imidazole rings is 1. The van der Waals surface area contributed by atoms with E-state index in [1.807, 2.05) is 4.57 Å². The van der Waals surface area contributed by atoms with Gasteiger partial charge in [-0.25, -0.2) is 9.78 Å². The fourth-order valence-corrected chi connectivity index (χ4v) is 2.52. The molecule has 7 nitrogen and oxygen atoms in total. The van der Waals surface area contributed by atoms with Crippen molar-refractivity contribution in [3.8, 4) is 5.75 Å². The summed E-state index contributed by atoms with van der Waals surface area (Å²) in [6, 6.07) is 6.58. The van der Waals surface area contributed by atoms with Crippen LogP contribution in [0.25, 0.3) is 0 Å². The molecule has 0 bridgehead atoms. The number of benzene rings is 1. The molecule has 1 N–H and O–H groups in total. The highest BCUT2D eigenvalue weighted by Gasteiger charge is 2.21. The Morgan fingerprint density at radius 3 is 2.83 bits per heavy atom. The van der Waals surface area contributed by atoms with Crippen LogP contribution >= 0.6 is 0 Å². The highest BCUT2D eigenvalue weighted by atomic mass is 16.5. The number of anilines is 1. The molecular formula is C16H17N3O4. The van der Waals surface area contributed by atoms with Gasteiger partial charge in [-0.1, -0.05) is 0 Å². The first-order valence-corrected chi connectivity index (χ1v) is 7.33. The van der Waals surface area contributed by atoms with Gasteiger partial charge in [-0.3, -0.25) is 4.79 Å². The topological polar surface area (TPSA) is 82.4 Å². The average Bonchev–Trinajstić information content (AvgIpc) is 3.12. The number of carbonyl (C=O) groups excluding carboxylic acids is 2. The van der Waals surface area contributed by atoms with Crippen LogP contribution in [-0.4, -0.2) is 35.1 Å². The van der Waals surface area contributed by atoms with E-state index in [0.29, 0.717) is 17.1 Å². The number of ether oxygens (including phenoxy) is 2. The van der Waals surface area contributed by atoms with Gasteiger partial charge >= 0.3 is 5.97 Å². The van der Waals surface area contributed by atoms with Crippen molar-refractivity contribution in [1.82, 2.24) is 9.55 Å². The highest BCUT2D eigenvalue weighted by Crippen LogP contribution is 2.20. The van der Waals surface area contributed by atoms with Crippen molar-refractivity contribution in [3.05, 3.63) is 42.0 Å². The quantitative estimate of drug-likeness (QED) is 0.670. The molecule has 0 atom stereocenters. The number of rotatable bonds is 5. The van der Waals surface area contributed by atoms with E-state index in [4.69, 9.17) is 9.47 Å². The number of amides is 1. The summed E-state index contributed by atoms with van der Waals surface area (Å²) >= 11 is 0. The van der Waals surface area contributed by atoms with E-state index in [0.717, 1.165) is 25.2 Å². The second kappa shape index (κ2) is 6.62. The van der Waals surface area contributed by atoms with Crippen molar-refractivity contribution in [3.63, 3.8) is 0 Å². The third kappa shape index (κ3) is 3.40. The minimum Gasteiger partial charge on any atom is -0.422 e. The summed E-state index contributed by atoms with van der Waals surface area (Å²) in [5, 5.41) is 2.67. The molecule has 0 aliphatic carbocycles. The molecule has 0 saturated heterocycles. The van der Waals surface area contributed by atoms with Crippen LogP contribution in [0.15, 0.2) is 30.5 Å².